The van der Waals surface area contributed by atoms with Crippen LogP contribution in [0.25, 0.3) is 11.2 Å². The van der Waals surface area contributed by atoms with Crippen LogP contribution in [0, 0.1) is 17.3 Å². The first kappa shape index (κ1) is 21.7. The molecule has 4 rings (SSSR count). The zero-order chi connectivity index (χ0) is 22.3. The maximum Gasteiger partial charge on any atom is 0.228 e. The molecule has 0 spiro atoms. The Balaban J connectivity index is 1.78. The lowest BCUT2D eigenvalue weighted by Crippen LogP contribution is -2.45. The van der Waals surface area contributed by atoms with E-state index in [-0.39, 0.29) is 12.3 Å². The highest BCUT2D eigenvalue weighted by molar-refractivity contribution is 9.11. The maximum atomic E-state index is 12.4. The fraction of sp³-hybridized carbons (Fsp3) is 0.400. The van der Waals surface area contributed by atoms with Crippen molar-refractivity contribution < 1.29 is 15.0 Å². The summed E-state index contributed by atoms with van der Waals surface area (Å²) in [7, 11) is 3.24. The first-order valence-corrected chi connectivity index (χ1v) is 11.2. The molecule has 1 amide bonds. The van der Waals surface area contributed by atoms with Crippen LogP contribution in [-0.2, 0) is 4.79 Å². The number of anilines is 1. The highest BCUT2D eigenvalue weighted by Crippen LogP contribution is 2.45. The first-order chi connectivity index (χ1) is 14.8. The van der Waals surface area contributed by atoms with Crippen molar-refractivity contribution in [1.82, 2.24) is 24.8 Å². The van der Waals surface area contributed by atoms with Gasteiger partial charge in [-0.2, -0.15) is 0 Å². The Bertz CT molecular complexity index is 1210. The Morgan fingerprint density at radius 1 is 1.32 bits per heavy atom. The van der Waals surface area contributed by atoms with Crippen molar-refractivity contribution in [2.24, 2.45) is 5.41 Å². The van der Waals surface area contributed by atoms with Gasteiger partial charge in [-0.1, -0.05) is 0 Å². The van der Waals surface area contributed by atoms with E-state index >= 15 is 0 Å². The van der Waals surface area contributed by atoms with Crippen LogP contribution < -0.4 is 10.6 Å². The summed E-state index contributed by atoms with van der Waals surface area (Å²) in [5.74, 6) is 6.49. The third kappa shape index (κ3) is 3.70. The van der Waals surface area contributed by atoms with Crippen LogP contribution in [0.3, 0.4) is 0 Å². The number of carbonyl (C=O) groups is 1. The Morgan fingerprint density at radius 2 is 2.10 bits per heavy atom. The number of halogens is 1. The average Bonchev–Trinajstić information content (AvgIpc) is 3.44. The monoisotopic (exact) mass is 504 g/mol. The van der Waals surface area contributed by atoms with Gasteiger partial charge in [-0.05, 0) is 53.2 Å². The number of rotatable bonds is 3. The summed E-state index contributed by atoms with van der Waals surface area (Å²) >= 11 is 4.92. The number of nitrogens with zero attached hydrogens (tertiary/aromatic N) is 4. The summed E-state index contributed by atoms with van der Waals surface area (Å²) in [5.41, 5.74) is -0.153. The van der Waals surface area contributed by atoms with E-state index in [9.17, 15) is 15.0 Å². The van der Waals surface area contributed by atoms with Gasteiger partial charge >= 0.3 is 0 Å². The summed E-state index contributed by atoms with van der Waals surface area (Å²) in [4.78, 5) is 26.6. The van der Waals surface area contributed by atoms with Crippen molar-refractivity contribution in [3.8, 4) is 11.8 Å². The number of nitrogens with one attached hydrogen (secondary N) is 2. The topological polar surface area (TPSA) is 125 Å². The molecule has 9 nitrogen and oxygen atoms in total. The van der Waals surface area contributed by atoms with Crippen LogP contribution in [0.5, 0.6) is 0 Å². The molecule has 3 aromatic rings. The number of imidazole rings is 1. The van der Waals surface area contributed by atoms with E-state index in [0.29, 0.717) is 22.8 Å². The van der Waals surface area contributed by atoms with Crippen molar-refractivity contribution in [2.45, 2.75) is 31.6 Å². The molecule has 0 aromatic carbocycles. The second kappa shape index (κ2) is 8.20. The Kier molecular flexibility index (Phi) is 5.74. The van der Waals surface area contributed by atoms with E-state index in [1.165, 1.54) is 18.4 Å². The summed E-state index contributed by atoms with van der Waals surface area (Å²) in [6.45, 7) is 1.64. The van der Waals surface area contributed by atoms with Crippen molar-refractivity contribution in [1.29, 1.82) is 0 Å². The van der Waals surface area contributed by atoms with E-state index in [2.05, 4.69) is 53.4 Å². The fourth-order valence-corrected chi connectivity index (χ4v) is 5.17. The van der Waals surface area contributed by atoms with Gasteiger partial charge in [0.2, 0.25) is 11.7 Å². The minimum atomic E-state index is -1.22. The Labute approximate surface area is 191 Å². The van der Waals surface area contributed by atoms with Gasteiger partial charge in [0.05, 0.1) is 32.6 Å². The summed E-state index contributed by atoms with van der Waals surface area (Å²) < 4.78 is 2.67. The summed E-state index contributed by atoms with van der Waals surface area (Å²) in [6.07, 6.45) is -0.615. The van der Waals surface area contributed by atoms with Crippen LogP contribution in [-0.4, -0.2) is 61.9 Å². The van der Waals surface area contributed by atoms with Gasteiger partial charge in [0.1, 0.15) is 6.10 Å². The zero-order valence-corrected chi connectivity index (χ0v) is 19.5. The second-order valence-electron chi connectivity index (χ2n) is 7.53. The van der Waals surface area contributed by atoms with E-state index < -0.39 is 23.7 Å². The van der Waals surface area contributed by atoms with Crippen molar-refractivity contribution in [3.63, 3.8) is 0 Å². The van der Waals surface area contributed by atoms with Crippen LogP contribution in [0.1, 0.15) is 30.1 Å². The van der Waals surface area contributed by atoms with Gasteiger partial charge in [0, 0.05) is 14.1 Å². The van der Waals surface area contributed by atoms with Crippen LogP contribution in [0.15, 0.2) is 22.2 Å². The molecule has 162 valence electrons. The molecular weight excluding hydrogens is 484 g/mol. The molecule has 0 bridgehead atoms. The normalized spacial score (nSPS) is 25.3. The first-order valence-electron chi connectivity index (χ1n) is 9.56. The molecule has 1 fully saturated rings. The summed E-state index contributed by atoms with van der Waals surface area (Å²) in [5, 5.41) is 26.9. The number of aliphatic hydroxyl groups excluding tert-OH is 2. The number of fused-ring (bicyclic) bond motifs is 1. The largest absolute Gasteiger partial charge is 0.389 e. The Morgan fingerprint density at radius 3 is 2.74 bits per heavy atom. The minimum absolute atomic E-state index is 0.226. The third-order valence-corrected chi connectivity index (χ3v) is 7.17. The molecule has 3 heterocycles. The lowest BCUT2D eigenvalue weighted by Gasteiger charge is -2.26. The lowest BCUT2D eigenvalue weighted by atomic mass is 9.85. The molecule has 4 N–H and O–H groups in total. The maximum absolute atomic E-state index is 12.4. The molecular formula is C20H21BrN6O3S. The van der Waals surface area contributed by atoms with Crippen LogP contribution in [0.4, 0.5) is 5.82 Å². The molecule has 1 aliphatic carbocycles. The second-order valence-corrected chi connectivity index (χ2v) is 9.99. The minimum Gasteiger partial charge on any atom is -0.389 e. The highest BCUT2D eigenvalue weighted by atomic mass is 79.9. The third-order valence-electron chi connectivity index (χ3n) is 5.64. The molecule has 0 saturated heterocycles. The van der Waals surface area contributed by atoms with Crippen LogP contribution >= 0.6 is 27.3 Å². The molecule has 3 aromatic heterocycles. The standard InChI is InChI=1S/C20H21BrN6O3S/c1-20(19(30)23-3)8-11(15(28)16(20)29)27-9-24-14-17(22-2)25-13(26-18(14)27)7-5-10-4-6-12(21)31-10/h4,6,9,11,15-16,28-29H,8H2,1-3H3,(H,23,30)(H,22,25,26)/t11-,15+,16+,20?/m1/s1. The van der Waals surface area contributed by atoms with Gasteiger partial charge in [0.15, 0.2) is 17.0 Å². The van der Waals surface area contributed by atoms with E-state index in [4.69, 9.17) is 0 Å². The van der Waals surface area contributed by atoms with Gasteiger partial charge in [0.25, 0.3) is 0 Å². The number of amides is 1. The van der Waals surface area contributed by atoms with Gasteiger partial charge in [-0.3, -0.25) is 4.79 Å². The fourth-order valence-electron chi connectivity index (χ4n) is 3.93. The number of carbonyl (C=O) groups excluding carboxylic acids is 1. The molecule has 1 aliphatic rings. The van der Waals surface area contributed by atoms with Crippen molar-refractivity contribution >= 4 is 50.2 Å². The Hall–Kier alpha value is -2.52. The van der Waals surface area contributed by atoms with Gasteiger partial charge in [-0.15, -0.1) is 11.3 Å². The van der Waals surface area contributed by atoms with Crippen molar-refractivity contribution in [2.75, 3.05) is 19.4 Å². The molecule has 0 aliphatic heterocycles. The quantitative estimate of drug-likeness (QED) is 0.398. The number of aromatic nitrogens is 4. The predicted molar refractivity (Wildman–Crippen MR) is 121 cm³/mol. The van der Waals surface area contributed by atoms with E-state index in [1.54, 1.807) is 24.9 Å². The average molecular weight is 505 g/mol. The summed E-state index contributed by atoms with van der Waals surface area (Å²) in [6, 6.07) is 3.23. The zero-order valence-electron chi connectivity index (χ0n) is 17.0. The molecule has 4 atom stereocenters. The smallest absolute Gasteiger partial charge is 0.228 e. The molecule has 31 heavy (non-hydrogen) atoms. The number of hydrogen-bond acceptors (Lipinski definition) is 8. The lowest BCUT2D eigenvalue weighted by molar-refractivity contribution is -0.136. The van der Waals surface area contributed by atoms with Crippen molar-refractivity contribution in [3.05, 3.63) is 32.9 Å². The number of thiophene rings is 1. The molecule has 0 radical (unpaired) electrons. The van der Waals surface area contributed by atoms with E-state index in [0.717, 1.165) is 8.66 Å². The predicted octanol–water partition coefficient (Wildman–Crippen LogP) is 1.51. The highest BCUT2D eigenvalue weighted by Gasteiger charge is 2.54. The van der Waals surface area contributed by atoms with Gasteiger partial charge in [-0.25, -0.2) is 15.0 Å². The number of hydrogen-bond donors (Lipinski definition) is 4. The van der Waals surface area contributed by atoms with E-state index in [1.807, 2.05) is 12.1 Å². The molecule has 1 saturated carbocycles. The van der Waals surface area contributed by atoms with Crippen LogP contribution in [0.2, 0.25) is 0 Å². The molecule has 1 unspecified atom stereocenters. The van der Waals surface area contributed by atoms with Gasteiger partial charge < -0.3 is 25.4 Å². The SMILES string of the molecule is CNC(=O)C1(C)C[C@@H](n2cnc3c(NC)nc(C#Cc4ccc(Br)s4)nc32)[C@H](O)[C@@H]1O. The number of aliphatic hydroxyl groups is 2. The molecule has 11 heteroatoms.